The highest BCUT2D eigenvalue weighted by atomic mass is 35.5. The van der Waals surface area contributed by atoms with Crippen LogP contribution in [-0.4, -0.2) is 19.0 Å². The van der Waals surface area contributed by atoms with E-state index in [1.165, 1.54) is 6.08 Å². The normalized spacial score (nSPS) is 10.8. The quantitative estimate of drug-likeness (QED) is 0.496. The van der Waals surface area contributed by atoms with Gasteiger partial charge < -0.3 is 10.1 Å². The molecule has 90 valence electrons. The fraction of sp³-hybridized carbons (Fsp3) is 0.167. The molecule has 0 spiro atoms. The largest absolute Gasteiger partial charge is 0.461 e. The van der Waals surface area contributed by atoms with Crippen molar-refractivity contribution in [2.75, 3.05) is 6.61 Å². The monoisotopic (exact) mass is 253 g/mol. The summed E-state index contributed by atoms with van der Waals surface area (Å²) >= 11 is 5.94. The van der Waals surface area contributed by atoms with Crippen LogP contribution in [0.1, 0.15) is 12.5 Å². The lowest BCUT2D eigenvalue weighted by atomic mass is 10.2. The summed E-state index contributed by atoms with van der Waals surface area (Å²) < 4.78 is 4.80. The van der Waals surface area contributed by atoms with Crippen molar-refractivity contribution in [2.45, 2.75) is 6.92 Å². The van der Waals surface area contributed by atoms with Gasteiger partial charge in [0.05, 0.1) is 6.61 Å². The van der Waals surface area contributed by atoms with Crippen LogP contribution < -0.4 is 5.32 Å². The number of carbonyl (C=O) groups excluding carboxylic acids is 2. The SMILES string of the molecule is CCOC(=O)/C(=C/c1ccccc1Cl)NC=O. The van der Waals surface area contributed by atoms with Crippen molar-refractivity contribution >= 4 is 30.1 Å². The summed E-state index contributed by atoms with van der Waals surface area (Å²) in [5.74, 6) is -0.598. The number of rotatable bonds is 5. The first-order chi connectivity index (χ1) is 8.19. The van der Waals surface area contributed by atoms with Gasteiger partial charge in [-0.1, -0.05) is 29.8 Å². The van der Waals surface area contributed by atoms with Gasteiger partial charge in [0, 0.05) is 5.02 Å². The molecule has 1 aromatic carbocycles. The van der Waals surface area contributed by atoms with Crippen LogP contribution in [0, 0.1) is 0 Å². The van der Waals surface area contributed by atoms with E-state index in [0.717, 1.165) is 0 Å². The molecular formula is C12H12ClNO3. The summed E-state index contributed by atoms with van der Waals surface area (Å²) in [6.45, 7) is 1.92. The van der Waals surface area contributed by atoms with E-state index < -0.39 is 5.97 Å². The maximum Gasteiger partial charge on any atom is 0.354 e. The van der Waals surface area contributed by atoms with Gasteiger partial charge in [-0.15, -0.1) is 0 Å². The molecule has 0 atom stereocenters. The van der Waals surface area contributed by atoms with E-state index in [0.29, 0.717) is 17.0 Å². The molecule has 0 unspecified atom stereocenters. The van der Waals surface area contributed by atoms with Crippen LogP contribution in [0.15, 0.2) is 30.0 Å². The number of amides is 1. The molecular weight excluding hydrogens is 242 g/mol. The Hall–Kier alpha value is -1.81. The topological polar surface area (TPSA) is 55.4 Å². The Morgan fingerprint density at radius 1 is 1.47 bits per heavy atom. The summed E-state index contributed by atoms with van der Waals surface area (Å²) in [4.78, 5) is 21.9. The average Bonchev–Trinajstić information content (AvgIpc) is 2.31. The maximum atomic E-state index is 11.5. The number of ether oxygens (including phenoxy) is 1. The van der Waals surface area contributed by atoms with Crippen LogP contribution in [0.25, 0.3) is 6.08 Å². The van der Waals surface area contributed by atoms with E-state index in [4.69, 9.17) is 16.3 Å². The molecule has 0 aromatic heterocycles. The standard InChI is InChI=1S/C12H12ClNO3/c1-2-17-12(16)11(14-8-15)7-9-5-3-4-6-10(9)13/h3-8H,2H2,1H3,(H,14,15)/b11-7-. The second kappa shape index (κ2) is 6.70. The molecule has 0 aliphatic rings. The number of benzene rings is 1. The fourth-order valence-electron chi connectivity index (χ4n) is 1.18. The molecule has 17 heavy (non-hydrogen) atoms. The van der Waals surface area contributed by atoms with E-state index in [1.807, 2.05) is 0 Å². The van der Waals surface area contributed by atoms with Gasteiger partial charge in [0.2, 0.25) is 6.41 Å². The molecule has 0 bridgehead atoms. The lowest BCUT2D eigenvalue weighted by Crippen LogP contribution is -2.20. The van der Waals surface area contributed by atoms with Crippen LogP contribution in [0.3, 0.4) is 0 Å². The summed E-state index contributed by atoms with van der Waals surface area (Å²) in [5.41, 5.74) is 0.682. The second-order valence-electron chi connectivity index (χ2n) is 3.06. The van der Waals surface area contributed by atoms with Gasteiger partial charge >= 0.3 is 5.97 Å². The lowest BCUT2D eigenvalue weighted by Gasteiger charge is -2.06. The van der Waals surface area contributed by atoms with Crippen LogP contribution in [0.4, 0.5) is 0 Å². The highest BCUT2D eigenvalue weighted by Gasteiger charge is 2.10. The van der Waals surface area contributed by atoms with Crippen molar-refractivity contribution in [3.63, 3.8) is 0 Å². The summed E-state index contributed by atoms with van der Waals surface area (Å²) in [6, 6.07) is 6.98. The minimum atomic E-state index is -0.598. The lowest BCUT2D eigenvalue weighted by molar-refractivity contribution is -0.139. The number of esters is 1. The highest BCUT2D eigenvalue weighted by Crippen LogP contribution is 2.17. The molecule has 1 aromatic rings. The summed E-state index contributed by atoms with van der Waals surface area (Å²) in [7, 11) is 0. The third-order valence-corrected chi connectivity index (χ3v) is 2.26. The maximum absolute atomic E-state index is 11.5. The van der Waals surface area contributed by atoms with Gasteiger partial charge in [0.25, 0.3) is 0 Å². The molecule has 0 radical (unpaired) electrons. The Kier molecular flexibility index (Phi) is 5.23. The Morgan fingerprint density at radius 3 is 2.76 bits per heavy atom. The van der Waals surface area contributed by atoms with Crippen molar-refractivity contribution in [3.8, 4) is 0 Å². The molecule has 0 aliphatic heterocycles. The highest BCUT2D eigenvalue weighted by molar-refractivity contribution is 6.32. The predicted octanol–water partition coefficient (Wildman–Crippen LogP) is 1.99. The van der Waals surface area contributed by atoms with Crippen molar-refractivity contribution in [2.24, 2.45) is 0 Å². The number of carbonyl (C=O) groups is 2. The van der Waals surface area contributed by atoms with Crippen LogP contribution in [0.2, 0.25) is 5.02 Å². The molecule has 5 heteroatoms. The third kappa shape index (κ3) is 3.92. The van der Waals surface area contributed by atoms with Crippen LogP contribution >= 0.6 is 11.6 Å². The molecule has 1 amide bonds. The zero-order valence-corrected chi connectivity index (χ0v) is 10.0. The Morgan fingerprint density at radius 2 is 2.18 bits per heavy atom. The van der Waals surface area contributed by atoms with Crippen molar-refractivity contribution in [1.29, 1.82) is 0 Å². The van der Waals surface area contributed by atoms with Crippen LogP contribution in [-0.2, 0) is 14.3 Å². The van der Waals surface area contributed by atoms with Gasteiger partial charge in [0.1, 0.15) is 5.70 Å². The van der Waals surface area contributed by atoms with Crippen molar-refractivity contribution in [3.05, 3.63) is 40.5 Å². The van der Waals surface area contributed by atoms with Crippen molar-refractivity contribution < 1.29 is 14.3 Å². The first kappa shape index (κ1) is 13.3. The third-order valence-electron chi connectivity index (χ3n) is 1.91. The molecule has 0 fully saturated rings. The molecule has 0 saturated carbocycles. The Balaban J connectivity index is 3.01. The van der Waals surface area contributed by atoms with Crippen LogP contribution in [0.5, 0.6) is 0 Å². The molecule has 1 N–H and O–H groups in total. The van der Waals surface area contributed by atoms with E-state index in [1.54, 1.807) is 31.2 Å². The number of nitrogens with one attached hydrogen (secondary N) is 1. The fourth-order valence-corrected chi connectivity index (χ4v) is 1.37. The zero-order valence-electron chi connectivity index (χ0n) is 9.27. The van der Waals surface area contributed by atoms with Gasteiger partial charge in [0.15, 0.2) is 0 Å². The molecule has 0 heterocycles. The van der Waals surface area contributed by atoms with Gasteiger partial charge in [-0.25, -0.2) is 4.79 Å². The molecule has 4 nitrogen and oxygen atoms in total. The smallest absolute Gasteiger partial charge is 0.354 e. The molecule has 0 aliphatic carbocycles. The Labute approximate surface area is 104 Å². The van der Waals surface area contributed by atoms with E-state index in [2.05, 4.69) is 5.32 Å². The first-order valence-corrected chi connectivity index (χ1v) is 5.40. The number of hydrogen-bond acceptors (Lipinski definition) is 3. The second-order valence-corrected chi connectivity index (χ2v) is 3.47. The van der Waals surface area contributed by atoms with E-state index >= 15 is 0 Å². The minimum absolute atomic E-state index is 0.0509. The van der Waals surface area contributed by atoms with Crippen molar-refractivity contribution in [1.82, 2.24) is 5.32 Å². The zero-order chi connectivity index (χ0) is 12.7. The number of hydrogen-bond donors (Lipinski definition) is 1. The average molecular weight is 254 g/mol. The molecule has 1 rings (SSSR count). The summed E-state index contributed by atoms with van der Waals surface area (Å²) in [6.07, 6.45) is 1.88. The predicted molar refractivity (Wildman–Crippen MR) is 65.3 cm³/mol. The summed E-state index contributed by atoms with van der Waals surface area (Å²) in [5, 5.41) is 2.78. The van der Waals surface area contributed by atoms with E-state index in [9.17, 15) is 9.59 Å². The Bertz CT molecular complexity index is 443. The number of halogens is 1. The first-order valence-electron chi connectivity index (χ1n) is 5.02. The minimum Gasteiger partial charge on any atom is -0.461 e. The molecule has 0 saturated heterocycles. The van der Waals surface area contributed by atoms with Gasteiger partial charge in [-0.2, -0.15) is 0 Å². The van der Waals surface area contributed by atoms with Gasteiger partial charge in [-0.3, -0.25) is 4.79 Å². The van der Waals surface area contributed by atoms with E-state index in [-0.39, 0.29) is 12.3 Å². The van der Waals surface area contributed by atoms with Gasteiger partial charge in [-0.05, 0) is 24.6 Å².